The Bertz CT molecular complexity index is 6560. The first-order valence-electron chi connectivity index (χ1n) is 49.1. The number of likely N-dealkylation sites (N-methyl/N-ethyl adjacent to an activating group) is 1. The van der Waals surface area contributed by atoms with Gasteiger partial charge in [0.1, 0.15) is 66.6 Å². The van der Waals surface area contributed by atoms with E-state index in [0.29, 0.717) is 157 Å². The number of benzene rings is 8. The topological polar surface area (TPSA) is 344 Å². The highest BCUT2D eigenvalue weighted by Crippen LogP contribution is 2.69. The number of ketones is 1. The monoisotopic (exact) mass is 2130 g/mol. The Balaban J connectivity index is 0.000000127. The summed E-state index contributed by atoms with van der Waals surface area (Å²) in [5.41, 5.74) is -2.08. The highest BCUT2D eigenvalue weighted by Gasteiger charge is 2.77. The van der Waals surface area contributed by atoms with Crippen molar-refractivity contribution in [2.24, 2.45) is 0 Å². The van der Waals surface area contributed by atoms with Crippen molar-refractivity contribution in [1.29, 1.82) is 0 Å². The van der Waals surface area contributed by atoms with Crippen LogP contribution in [-0.2, 0) is 74.6 Å². The highest BCUT2D eigenvalue weighted by molar-refractivity contribution is 7.90. The minimum absolute atomic E-state index is 0.0346. The summed E-state index contributed by atoms with van der Waals surface area (Å²) in [4.78, 5) is 124. The number of rotatable bonds is 16. The number of carbonyl (C=O) groups excluding carboxylic acids is 8. The summed E-state index contributed by atoms with van der Waals surface area (Å²) in [5.74, 6) is -9.03. The predicted octanol–water partition coefficient (Wildman–Crippen LogP) is 19.1. The summed E-state index contributed by atoms with van der Waals surface area (Å²) < 4.78 is 85.9. The molecule has 758 valence electrons. The summed E-state index contributed by atoms with van der Waals surface area (Å²) in [7, 11) is -1.51. The van der Waals surface area contributed by atoms with E-state index >= 15 is 17.6 Å². The van der Waals surface area contributed by atoms with Crippen LogP contribution in [0.3, 0.4) is 0 Å². The van der Waals surface area contributed by atoms with E-state index < -0.39 is 131 Å². The second-order valence-corrected chi connectivity index (χ2v) is 46.3. The van der Waals surface area contributed by atoms with Crippen LogP contribution in [0.4, 0.5) is 40.3 Å². The van der Waals surface area contributed by atoms with Crippen LogP contribution >= 0.6 is 92.8 Å². The van der Waals surface area contributed by atoms with Gasteiger partial charge in [0, 0.05) is 141 Å². The van der Waals surface area contributed by atoms with Crippen LogP contribution in [0.25, 0.3) is 0 Å². The van der Waals surface area contributed by atoms with Gasteiger partial charge in [-0.25, -0.2) is 26.0 Å². The van der Waals surface area contributed by atoms with Crippen molar-refractivity contribution >= 4 is 178 Å². The molecular formula is C106H112Cl8F4N12O12S. The molecule has 12 N–H and O–H groups in total. The lowest BCUT2D eigenvalue weighted by Crippen LogP contribution is -2.60. The number of piperidine rings is 1. The number of fused-ring (bicyclic) bond motifs is 12. The third-order valence-corrected chi connectivity index (χ3v) is 36.2. The molecule has 37 heteroatoms. The Morgan fingerprint density at radius 1 is 0.413 bits per heavy atom. The third-order valence-electron chi connectivity index (χ3n) is 33.2. The number of halogens is 12. The van der Waals surface area contributed by atoms with Gasteiger partial charge in [0.15, 0.2) is 0 Å². The molecule has 5 saturated heterocycles. The fourth-order valence-corrected chi connectivity index (χ4v) is 29.6. The van der Waals surface area contributed by atoms with E-state index in [2.05, 4.69) is 63.4 Å². The number of Topliss-reactive ketones (excluding diaryl/α,β-unsaturated/α-hetero) is 1. The van der Waals surface area contributed by atoms with E-state index in [1.165, 1.54) is 43.5 Å². The zero-order valence-corrected chi connectivity index (χ0v) is 85.8. The number of carboxylic acid groups (broad SMARTS) is 1. The Morgan fingerprint density at radius 3 is 0.986 bits per heavy atom. The molecule has 12 atom stereocenters. The average molecular weight is 2140 g/mol. The molecule has 8 spiro atoms. The summed E-state index contributed by atoms with van der Waals surface area (Å²) >= 11 is 49.9. The van der Waals surface area contributed by atoms with E-state index in [1.807, 2.05) is 18.2 Å². The number of carbonyl (C=O) groups is 9. The smallest absolute Gasteiger partial charge is 0.321 e. The Kier molecular flexibility index (Phi) is 29.7. The van der Waals surface area contributed by atoms with Gasteiger partial charge in [-0.05, 0) is 195 Å². The van der Waals surface area contributed by atoms with Crippen LogP contribution in [0.5, 0.6) is 0 Å². The first-order valence-corrected chi connectivity index (χ1v) is 54.2. The van der Waals surface area contributed by atoms with Crippen molar-refractivity contribution < 1.29 is 74.2 Å². The first-order chi connectivity index (χ1) is 68.3. The maximum absolute atomic E-state index is 16.0. The van der Waals surface area contributed by atoms with Gasteiger partial charge < -0.3 is 52.0 Å². The molecule has 8 aromatic carbocycles. The summed E-state index contributed by atoms with van der Waals surface area (Å²) in [6.07, 6.45) is 19.8. The fraction of sp³-hybridized carbons (Fsp3) is 0.462. The number of carboxylic acids is 1. The van der Waals surface area contributed by atoms with Gasteiger partial charge in [0.05, 0.1) is 44.0 Å². The fourth-order valence-electron chi connectivity index (χ4n) is 27.6. The maximum Gasteiger partial charge on any atom is 0.321 e. The zero-order valence-electron chi connectivity index (χ0n) is 78.9. The van der Waals surface area contributed by atoms with Crippen molar-refractivity contribution in [1.82, 2.24) is 42.1 Å². The Hall–Kier alpha value is -9.02. The standard InChI is InChI=1S/C31H37Cl2FN4O4S.C28H30Cl2FN3O3.C24H24Cl2FN3O2.C23H21Cl2FN2O3/c1-43(41,42)17-16-38-14-10-20(11-15-38)35-28(39)27-25(21-6-5-7-23(33)26(21)34)31(30(37-27)12-3-2-4-13-30)22-9-8-19(32)18-24(22)36-29(31)40;1-16(35)7-6-14-32-25(36)24-22(18-8-5-9-20(30)23(18)31)28(27(34-24)12-3-2-4-13-27)19-11-10-17(29)15-21(19)33-26(28)37;1-28-21(31)20-18(14-6-5-7-16(26)19(14)27)24(23(30-20)10-3-2-4-11-23)15-9-8-13(25)12-17(15)29-22(24)32;24-12-7-8-14-16(11-12)27-21(31)23(14)17(13-5-4-6-15(25)18(13)26)19(20(29)30)28-22(23)9-2-1-3-10-22/h5-9,18,20,25,27,37H,2-4,10-17H2,1H3,(H,35,39)(H,36,40);5,8-11,15,22,24,34H,2-4,6-7,12-14H2,1H3,(H,32,36)(H,33,37);5-9,12,18,20,30H,2-4,10-11H2,1H3,(H,28,31)(H,29,32);4-8,11,17,19,28H,1-3,9-10H2,(H,27,31)(H,29,30)/t25-,27+,31+;22-,24+,28+;18-,20+,24+;17-,19+,23+/m0000/s1. The number of amides is 7. The van der Waals surface area contributed by atoms with Gasteiger partial charge in [0.25, 0.3) is 0 Å². The first kappa shape index (κ1) is 104. The maximum atomic E-state index is 16.0. The van der Waals surface area contributed by atoms with E-state index in [9.17, 15) is 56.7 Å². The number of hydrogen-bond donors (Lipinski definition) is 12. The van der Waals surface area contributed by atoms with Crippen LogP contribution in [0.2, 0.25) is 40.2 Å². The van der Waals surface area contributed by atoms with Crippen molar-refractivity contribution in [3.8, 4) is 0 Å². The van der Waals surface area contributed by atoms with Crippen molar-refractivity contribution in [3.05, 3.63) is 254 Å². The molecule has 13 aliphatic rings. The quantitative estimate of drug-likeness (QED) is 0.0316. The average Bonchev–Trinajstić information content (AvgIpc) is 1.52. The largest absolute Gasteiger partial charge is 0.480 e. The highest BCUT2D eigenvalue weighted by atomic mass is 35.5. The van der Waals surface area contributed by atoms with E-state index in [4.69, 9.17) is 92.8 Å². The number of nitrogens with one attached hydrogen (secondary N) is 11. The molecule has 0 unspecified atom stereocenters. The number of likely N-dealkylation sites (tertiary alicyclic amines) is 1. The number of anilines is 4. The SMILES string of the molecule is CC(=O)CCCNC(=O)[C@@H]1NC2(CCCCC2)[C@@]2(C(=O)Nc3cc(Cl)ccc32)[C@H]1c1cccc(Cl)c1F.CNC(=O)[C@@H]1NC2(CCCCC2)[C@@]2(C(=O)Nc3cc(Cl)ccc32)[C@H]1c1cccc(Cl)c1F.CS(=O)(=O)CCN1CCC(NC(=O)[C@@H]2NC3(CCCCC3)[C@@]3(C(=O)Nc4cc(Cl)ccc43)[C@H]2c2cccc(Cl)c2F)CC1.O=C(O)[C@@H]1NC2(CCCCC2)[C@@]2(C(=O)Nc3cc(Cl)ccc32)[C@H]1c1cccc(Cl)c1F. The van der Waals surface area contributed by atoms with E-state index in [0.717, 1.165) is 88.2 Å². The Morgan fingerprint density at radius 2 is 0.699 bits per heavy atom. The normalized spacial score (nSPS) is 27.4. The molecule has 8 aromatic rings. The van der Waals surface area contributed by atoms with Crippen molar-refractivity contribution in [2.45, 2.75) is 259 Å². The summed E-state index contributed by atoms with van der Waals surface area (Å²) in [6, 6.07) is 36.0. The van der Waals surface area contributed by atoms with Crippen molar-refractivity contribution in [2.75, 3.05) is 66.5 Å². The Labute approximate surface area is 867 Å². The number of nitrogens with zero attached hydrogens (tertiary/aromatic N) is 1. The summed E-state index contributed by atoms with van der Waals surface area (Å²) in [6.45, 7) is 3.60. The van der Waals surface area contributed by atoms with E-state index in [1.54, 1.807) is 104 Å². The van der Waals surface area contributed by atoms with Gasteiger partial charge in [-0.3, -0.25) is 59.6 Å². The number of aliphatic carboxylic acids is 1. The molecule has 24 nitrogen and oxygen atoms in total. The van der Waals surface area contributed by atoms with Crippen LogP contribution < -0.4 is 58.5 Å². The van der Waals surface area contributed by atoms with Crippen LogP contribution in [0.15, 0.2) is 146 Å². The lowest BCUT2D eigenvalue weighted by Gasteiger charge is -2.47. The second-order valence-electron chi connectivity index (χ2n) is 40.7. The van der Waals surface area contributed by atoms with E-state index in [-0.39, 0.29) is 101 Å². The van der Waals surface area contributed by atoms with Gasteiger partial charge >= 0.3 is 5.97 Å². The van der Waals surface area contributed by atoms with Crippen LogP contribution in [0.1, 0.15) is 229 Å². The molecule has 7 amide bonds. The van der Waals surface area contributed by atoms with Gasteiger partial charge in [-0.15, -0.1) is 0 Å². The molecule has 0 radical (unpaired) electrons. The molecule has 9 fully saturated rings. The van der Waals surface area contributed by atoms with Gasteiger partial charge in [-0.1, -0.05) is 243 Å². The van der Waals surface area contributed by atoms with Crippen LogP contribution in [-0.4, -0.2) is 169 Å². The molecule has 143 heavy (non-hydrogen) atoms. The molecular weight excluding hydrogens is 2020 g/mol. The molecule has 0 bridgehead atoms. The summed E-state index contributed by atoms with van der Waals surface area (Å²) in [5, 5.41) is 46.8. The second kappa shape index (κ2) is 40.9. The molecule has 9 aliphatic heterocycles. The minimum atomic E-state index is -3.06. The third kappa shape index (κ3) is 17.6. The lowest BCUT2D eigenvalue weighted by atomic mass is 9.55. The van der Waals surface area contributed by atoms with Gasteiger partial charge in [0.2, 0.25) is 41.4 Å². The van der Waals surface area contributed by atoms with Crippen molar-refractivity contribution in [3.63, 3.8) is 0 Å². The number of hydrogen-bond acceptors (Lipinski definition) is 16. The van der Waals surface area contributed by atoms with Crippen LogP contribution in [0, 0.1) is 23.3 Å². The molecule has 9 heterocycles. The lowest BCUT2D eigenvalue weighted by molar-refractivity contribution is -0.140. The zero-order chi connectivity index (χ0) is 102. The molecule has 4 aliphatic carbocycles. The molecule has 4 saturated carbocycles. The molecule has 21 rings (SSSR count). The predicted molar refractivity (Wildman–Crippen MR) is 547 cm³/mol. The molecule has 0 aromatic heterocycles. The van der Waals surface area contributed by atoms with Gasteiger partial charge in [-0.2, -0.15) is 0 Å². The minimum Gasteiger partial charge on any atom is -0.480 e. The number of sulfone groups is 1.